The second kappa shape index (κ2) is 7.73. The van der Waals surface area contributed by atoms with Gasteiger partial charge >= 0.3 is 0 Å². The number of hydrogen-bond acceptors (Lipinski definition) is 1. The molecule has 0 amide bonds. The summed E-state index contributed by atoms with van der Waals surface area (Å²) >= 11 is 5.93. The monoisotopic (exact) mass is 253 g/mol. The summed E-state index contributed by atoms with van der Waals surface area (Å²) in [6.45, 7) is 7.69. The van der Waals surface area contributed by atoms with E-state index < -0.39 is 0 Å². The second-order valence-electron chi connectivity index (χ2n) is 4.95. The molecule has 0 saturated heterocycles. The number of unbranched alkanes of at least 4 members (excludes halogenated alkanes) is 1. The molecule has 1 nitrogen and oxygen atoms in total. The molecule has 17 heavy (non-hydrogen) atoms. The first kappa shape index (κ1) is 14.5. The van der Waals surface area contributed by atoms with Gasteiger partial charge in [-0.15, -0.1) is 0 Å². The summed E-state index contributed by atoms with van der Waals surface area (Å²) in [5.41, 5.74) is 1.40. The molecule has 96 valence electrons. The van der Waals surface area contributed by atoms with Crippen LogP contribution in [0.2, 0.25) is 5.02 Å². The van der Waals surface area contributed by atoms with Crippen LogP contribution in [0.5, 0.6) is 0 Å². The molecule has 0 heterocycles. The smallest absolute Gasteiger partial charge is 0.0406 e. The zero-order valence-electron chi connectivity index (χ0n) is 11.2. The Morgan fingerprint density at radius 2 is 1.82 bits per heavy atom. The lowest BCUT2D eigenvalue weighted by atomic mass is 9.93. The molecule has 1 atom stereocenters. The lowest BCUT2D eigenvalue weighted by Crippen LogP contribution is -2.28. The van der Waals surface area contributed by atoms with Gasteiger partial charge in [-0.2, -0.15) is 0 Å². The Kier molecular flexibility index (Phi) is 6.61. The van der Waals surface area contributed by atoms with E-state index >= 15 is 0 Å². The van der Waals surface area contributed by atoms with Crippen molar-refractivity contribution >= 4 is 11.6 Å². The zero-order chi connectivity index (χ0) is 12.7. The largest absolute Gasteiger partial charge is 0.314 e. The van der Waals surface area contributed by atoms with Crippen molar-refractivity contribution in [2.24, 2.45) is 0 Å². The van der Waals surface area contributed by atoms with Gasteiger partial charge in [0.25, 0.3) is 0 Å². The maximum absolute atomic E-state index is 5.93. The van der Waals surface area contributed by atoms with Gasteiger partial charge in [-0.3, -0.25) is 0 Å². The van der Waals surface area contributed by atoms with Crippen molar-refractivity contribution in [2.45, 2.75) is 52.0 Å². The van der Waals surface area contributed by atoms with Gasteiger partial charge in [0.05, 0.1) is 0 Å². The van der Waals surface area contributed by atoms with Crippen molar-refractivity contribution in [3.8, 4) is 0 Å². The highest BCUT2D eigenvalue weighted by atomic mass is 35.5. The van der Waals surface area contributed by atoms with Crippen molar-refractivity contribution in [1.82, 2.24) is 5.32 Å². The van der Waals surface area contributed by atoms with Gasteiger partial charge in [-0.25, -0.2) is 0 Å². The van der Waals surface area contributed by atoms with E-state index in [1.807, 2.05) is 12.1 Å². The molecule has 1 rings (SSSR count). The average Bonchev–Trinajstić information content (AvgIpc) is 2.30. The molecule has 2 heteroatoms. The highest BCUT2D eigenvalue weighted by molar-refractivity contribution is 6.30. The Bertz CT molecular complexity index is 305. The van der Waals surface area contributed by atoms with E-state index in [4.69, 9.17) is 11.6 Å². The zero-order valence-corrected chi connectivity index (χ0v) is 11.9. The van der Waals surface area contributed by atoms with Crippen LogP contribution in [0.4, 0.5) is 0 Å². The molecule has 1 aromatic carbocycles. The van der Waals surface area contributed by atoms with Crippen molar-refractivity contribution in [2.75, 3.05) is 6.54 Å². The molecule has 1 unspecified atom stereocenters. The summed E-state index contributed by atoms with van der Waals surface area (Å²) < 4.78 is 0. The maximum Gasteiger partial charge on any atom is 0.0406 e. The van der Waals surface area contributed by atoms with Gasteiger partial charge < -0.3 is 5.32 Å². The molecule has 0 aliphatic carbocycles. The molecule has 1 N–H and O–H groups in total. The quantitative estimate of drug-likeness (QED) is 0.748. The third kappa shape index (κ3) is 5.56. The molecule has 0 aromatic heterocycles. The van der Waals surface area contributed by atoms with E-state index in [0.717, 1.165) is 11.6 Å². The number of nitrogens with one attached hydrogen (secondary N) is 1. The standard InChI is InChI=1S/C15H24ClN/c1-4-5-6-14(11-17-12(2)3)13-7-9-15(16)10-8-13/h7-10,12,14,17H,4-6,11H2,1-3H3. The van der Waals surface area contributed by atoms with E-state index in [1.165, 1.54) is 24.8 Å². The van der Waals surface area contributed by atoms with Crippen molar-refractivity contribution < 1.29 is 0 Å². The predicted molar refractivity (Wildman–Crippen MR) is 76.9 cm³/mol. The minimum absolute atomic E-state index is 0.548. The molecule has 0 fully saturated rings. The van der Waals surface area contributed by atoms with E-state index in [1.54, 1.807) is 0 Å². The van der Waals surface area contributed by atoms with Crippen molar-refractivity contribution in [1.29, 1.82) is 0 Å². The Morgan fingerprint density at radius 1 is 1.18 bits per heavy atom. The fourth-order valence-corrected chi connectivity index (χ4v) is 2.08. The maximum atomic E-state index is 5.93. The predicted octanol–water partition coefficient (Wildman–Crippen LogP) is 4.61. The Morgan fingerprint density at radius 3 is 2.35 bits per heavy atom. The third-order valence-corrected chi connectivity index (χ3v) is 3.27. The van der Waals surface area contributed by atoms with Crippen molar-refractivity contribution in [3.05, 3.63) is 34.9 Å². The van der Waals surface area contributed by atoms with Crippen LogP contribution in [0, 0.1) is 0 Å². The fourth-order valence-electron chi connectivity index (χ4n) is 1.95. The van der Waals surface area contributed by atoms with Crippen LogP contribution in [-0.2, 0) is 0 Å². The molecule has 0 aliphatic rings. The van der Waals surface area contributed by atoms with Crippen molar-refractivity contribution in [3.63, 3.8) is 0 Å². The van der Waals surface area contributed by atoms with E-state index in [0.29, 0.717) is 12.0 Å². The topological polar surface area (TPSA) is 12.0 Å². The number of rotatable bonds is 7. The molecular formula is C15H24ClN. The van der Waals surface area contributed by atoms with Crippen LogP contribution < -0.4 is 5.32 Å². The van der Waals surface area contributed by atoms with Crippen LogP contribution in [0.1, 0.15) is 51.5 Å². The molecule has 1 aromatic rings. The van der Waals surface area contributed by atoms with Crippen LogP contribution in [-0.4, -0.2) is 12.6 Å². The number of benzene rings is 1. The van der Waals surface area contributed by atoms with Gasteiger partial charge in [0.2, 0.25) is 0 Å². The summed E-state index contributed by atoms with van der Waals surface area (Å²) in [5.74, 6) is 0.606. The molecule has 0 aliphatic heterocycles. The van der Waals surface area contributed by atoms with Crippen LogP contribution in [0.25, 0.3) is 0 Å². The highest BCUT2D eigenvalue weighted by Crippen LogP contribution is 2.23. The summed E-state index contributed by atoms with van der Waals surface area (Å²) in [4.78, 5) is 0. The SMILES string of the molecule is CCCCC(CNC(C)C)c1ccc(Cl)cc1. The van der Waals surface area contributed by atoms with Gasteiger partial charge in [0, 0.05) is 17.6 Å². The normalized spacial score (nSPS) is 13.0. The van der Waals surface area contributed by atoms with Crippen LogP contribution >= 0.6 is 11.6 Å². The first-order valence-corrected chi connectivity index (χ1v) is 7.00. The molecule has 0 bridgehead atoms. The lowest BCUT2D eigenvalue weighted by molar-refractivity contribution is 0.495. The first-order valence-electron chi connectivity index (χ1n) is 6.62. The molecule has 0 spiro atoms. The summed E-state index contributed by atoms with van der Waals surface area (Å²) in [7, 11) is 0. The Hall–Kier alpha value is -0.530. The third-order valence-electron chi connectivity index (χ3n) is 3.02. The Labute approximate surface area is 111 Å². The van der Waals surface area contributed by atoms with Gasteiger partial charge in [-0.1, -0.05) is 57.3 Å². The van der Waals surface area contributed by atoms with Gasteiger partial charge in [0.15, 0.2) is 0 Å². The van der Waals surface area contributed by atoms with E-state index in [9.17, 15) is 0 Å². The van der Waals surface area contributed by atoms with Crippen LogP contribution in [0.15, 0.2) is 24.3 Å². The fraction of sp³-hybridized carbons (Fsp3) is 0.600. The highest BCUT2D eigenvalue weighted by Gasteiger charge is 2.11. The summed E-state index contributed by atoms with van der Waals surface area (Å²) in [6.07, 6.45) is 3.79. The minimum atomic E-state index is 0.548. The van der Waals surface area contributed by atoms with Gasteiger partial charge in [-0.05, 0) is 30.0 Å². The minimum Gasteiger partial charge on any atom is -0.314 e. The molecular weight excluding hydrogens is 230 g/mol. The number of halogens is 1. The van der Waals surface area contributed by atoms with Crippen LogP contribution in [0.3, 0.4) is 0 Å². The lowest BCUT2D eigenvalue weighted by Gasteiger charge is -2.19. The van der Waals surface area contributed by atoms with E-state index in [-0.39, 0.29) is 0 Å². The molecule has 0 saturated carbocycles. The van der Waals surface area contributed by atoms with E-state index in [2.05, 4.69) is 38.2 Å². The summed E-state index contributed by atoms with van der Waals surface area (Å²) in [6, 6.07) is 8.84. The average molecular weight is 254 g/mol. The summed E-state index contributed by atoms with van der Waals surface area (Å²) in [5, 5.41) is 4.35. The van der Waals surface area contributed by atoms with Gasteiger partial charge in [0.1, 0.15) is 0 Å². The first-order chi connectivity index (χ1) is 8.13. The second-order valence-corrected chi connectivity index (χ2v) is 5.39. The Balaban J connectivity index is 2.63. The number of hydrogen-bond donors (Lipinski definition) is 1. The molecule has 0 radical (unpaired) electrons.